The van der Waals surface area contributed by atoms with Crippen LogP contribution in [0.3, 0.4) is 0 Å². The molecule has 0 bridgehead atoms. The number of anilines is 1. The van der Waals surface area contributed by atoms with Crippen LogP contribution in [0.15, 0.2) is 12.4 Å². The lowest BCUT2D eigenvalue weighted by Crippen LogP contribution is -2.14. The van der Waals surface area contributed by atoms with Crippen molar-refractivity contribution >= 4 is 11.9 Å². The molecule has 1 aromatic rings. The molecule has 0 aromatic carbocycles. The van der Waals surface area contributed by atoms with Crippen LogP contribution in [0.2, 0.25) is 0 Å². The molecule has 0 fully saturated rings. The number of methoxy groups -OCH3 is 1. The minimum Gasteiger partial charge on any atom is -0.480 e. The topological polar surface area (TPSA) is 73.3 Å². The summed E-state index contributed by atoms with van der Waals surface area (Å²) in [6.45, 7) is 2.04. The minimum absolute atomic E-state index is 0.315. The van der Waals surface area contributed by atoms with E-state index >= 15 is 0 Å². The molecule has 0 saturated heterocycles. The molecule has 6 heteroatoms. The summed E-state index contributed by atoms with van der Waals surface area (Å²) in [4.78, 5) is 18.7. The van der Waals surface area contributed by atoms with E-state index in [4.69, 9.17) is 4.74 Å². The normalized spacial score (nSPS) is 9.29. The van der Waals surface area contributed by atoms with Gasteiger partial charge in [0.15, 0.2) is 5.82 Å². The van der Waals surface area contributed by atoms with Crippen molar-refractivity contribution in [3.05, 3.63) is 12.4 Å². The second kappa shape index (κ2) is 5.00. The molecule has 0 saturated carbocycles. The number of carbonyl (C=O) groups is 1. The molecule has 0 spiro atoms. The molecule has 0 aliphatic carbocycles. The largest absolute Gasteiger partial charge is 0.480 e. The zero-order valence-corrected chi connectivity index (χ0v) is 7.98. The van der Waals surface area contributed by atoms with Gasteiger partial charge in [0, 0.05) is 0 Å². The van der Waals surface area contributed by atoms with Crippen molar-refractivity contribution in [1.29, 1.82) is 0 Å². The van der Waals surface area contributed by atoms with Crippen molar-refractivity contribution in [3.63, 3.8) is 0 Å². The van der Waals surface area contributed by atoms with E-state index in [9.17, 15) is 4.79 Å². The van der Waals surface area contributed by atoms with Crippen LogP contribution in [0.1, 0.15) is 6.92 Å². The van der Waals surface area contributed by atoms with Gasteiger partial charge < -0.3 is 9.47 Å². The van der Waals surface area contributed by atoms with E-state index in [0.29, 0.717) is 18.3 Å². The van der Waals surface area contributed by atoms with E-state index in [2.05, 4.69) is 20.0 Å². The number of ether oxygens (including phenoxy) is 2. The van der Waals surface area contributed by atoms with Gasteiger partial charge in [-0.15, -0.1) is 0 Å². The van der Waals surface area contributed by atoms with Gasteiger partial charge in [-0.05, 0) is 6.92 Å². The molecule has 0 radical (unpaired) electrons. The van der Waals surface area contributed by atoms with Gasteiger partial charge in [-0.25, -0.2) is 14.8 Å². The lowest BCUT2D eigenvalue weighted by molar-refractivity contribution is 0.168. The third-order valence-electron chi connectivity index (χ3n) is 1.34. The summed E-state index contributed by atoms with van der Waals surface area (Å²) < 4.78 is 9.46. The molecule has 1 heterocycles. The van der Waals surface area contributed by atoms with Crippen LogP contribution in [0.4, 0.5) is 10.6 Å². The molecule has 1 N–H and O–H groups in total. The van der Waals surface area contributed by atoms with Crippen molar-refractivity contribution in [2.24, 2.45) is 0 Å². The molecule has 6 nitrogen and oxygen atoms in total. The Morgan fingerprint density at radius 1 is 1.50 bits per heavy atom. The van der Waals surface area contributed by atoms with Gasteiger partial charge in [0.2, 0.25) is 5.88 Å². The van der Waals surface area contributed by atoms with Crippen molar-refractivity contribution in [3.8, 4) is 5.88 Å². The first-order valence-corrected chi connectivity index (χ1v) is 4.06. The molecule has 76 valence electrons. The summed E-state index contributed by atoms with van der Waals surface area (Å²) in [6, 6.07) is 0. The summed E-state index contributed by atoms with van der Waals surface area (Å²) in [7, 11) is 1.49. The molecule has 0 atom stereocenters. The van der Waals surface area contributed by atoms with Gasteiger partial charge in [-0.1, -0.05) is 0 Å². The molecule has 0 aliphatic rings. The maximum atomic E-state index is 10.9. The van der Waals surface area contributed by atoms with Crippen LogP contribution < -0.4 is 10.1 Å². The number of aromatic nitrogens is 2. The van der Waals surface area contributed by atoms with Crippen LogP contribution in [-0.2, 0) is 4.74 Å². The predicted molar refractivity (Wildman–Crippen MR) is 49.2 cm³/mol. The Hall–Kier alpha value is -1.85. The second-order valence-electron chi connectivity index (χ2n) is 2.29. The Morgan fingerprint density at radius 3 is 2.79 bits per heavy atom. The second-order valence-corrected chi connectivity index (χ2v) is 2.29. The van der Waals surface area contributed by atoms with E-state index in [-0.39, 0.29) is 0 Å². The molecular formula is C8H11N3O3. The lowest BCUT2D eigenvalue weighted by Gasteiger charge is -2.03. The monoisotopic (exact) mass is 197 g/mol. The highest BCUT2D eigenvalue weighted by atomic mass is 16.5. The fraction of sp³-hybridized carbons (Fsp3) is 0.375. The summed E-state index contributed by atoms with van der Waals surface area (Å²) in [6.07, 6.45) is 2.24. The van der Waals surface area contributed by atoms with Gasteiger partial charge in [-0.2, -0.15) is 0 Å². The Balaban J connectivity index is 2.55. The highest BCUT2D eigenvalue weighted by Crippen LogP contribution is 2.06. The van der Waals surface area contributed by atoms with E-state index < -0.39 is 6.09 Å². The van der Waals surface area contributed by atoms with Gasteiger partial charge in [-0.3, -0.25) is 5.32 Å². The summed E-state index contributed by atoms with van der Waals surface area (Å²) in [5, 5.41) is 2.40. The number of rotatable bonds is 3. The van der Waals surface area contributed by atoms with Gasteiger partial charge in [0.25, 0.3) is 0 Å². The standard InChI is InChI=1S/C8H11N3O3/c1-3-14-8(12)11-6-4-10-7(13-2)5-9-6/h4-5H,3H2,1-2H3,(H,9,11,12). The summed E-state index contributed by atoms with van der Waals surface area (Å²) in [5.74, 6) is 0.712. The number of nitrogens with zero attached hydrogens (tertiary/aromatic N) is 2. The van der Waals surface area contributed by atoms with E-state index in [0.717, 1.165) is 0 Å². The molecule has 0 aliphatic heterocycles. The van der Waals surface area contributed by atoms with Gasteiger partial charge in [0.1, 0.15) is 0 Å². The minimum atomic E-state index is -0.549. The van der Waals surface area contributed by atoms with Crippen LogP contribution in [-0.4, -0.2) is 29.8 Å². The van der Waals surface area contributed by atoms with Crippen molar-refractivity contribution in [2.75, 3.05) is 19.0 Å². The number of nitrogens with one attached hydrogen (secondary N) is 1. The van der Waals surface area contributed by atoms with Gasteiger partial charge in [0.05, 0.1) is 26.1 Å². The number of carbonyl (C=O) groups excluding carboxylic acids is 1. The Kier molecular flexibility index (Phi) is 3.66. The first-order chi connectivity index (χ1) is 6.76. The fourth-order valence-electron chi connectivity index (χ4n) is 0.758. The van der Waals surface area contributed by atoms with Crippen molar-refractivity contribution in [1.82, 2.24) is 9.97 Å². The molecule has 1 aromatic heterocycles. The van der Waals surface area contributed by atoms with E-state index in [1.807, 2.05) is 0 Å². The average Bonchev–Trinajstić information content (AvgIpc) is 2.19. The zero-order valence-electron chi connectivity index (χ0n) is 7.98. The molecule has 1 rings (SSSR count). The smallest absolute Gasteiger partial charge is 0.412 e. The zero-order chi connectivity index (χ0) is 10.4. The Bertz CT molecular complexity index is 299. The van der Waals surface area contributed by atoms with Crippen LogP contribution in [0.5, 0.6) is 5.88 Å². The third-order valence-corrected chi connectivity index (χ3v) is 1.34. The molecule has 14 heavy (non-hydrogen) atoms. The van der Waals surface area contributed by atoms with E-state index in [1.54, 1.807) is 6.92 Å². The molecule has 0 unspecified atom stereocenters. The lowest BCUT2D eigenvalue weighted by atomic mass is 10.6. The quantitative estimate of drug-likeness (QED) is 0.784. The fourth-order valence-corrected chi connectivity index (χ4v) is 0.758. The maximum absolute atomic E-state index is 10.9. The average molecular weight is 197 g/mol. The first-order valence-electron chi connectivity index (χ1n) is 4.06. The number of hydrogen-bond donors (Lipinski definition) is 1. The Morgan fingerprint density at radius 2 is 2.29 bits per heavy atom. The summed E-state index contributed by atoms with van der Waals surface area (Å²) >= 11 is 0. The first kappa shape index (κ1) is 10.2. The maximum Gasteiger partial charge on any atom is 0.412 e. The number of amides is 1. The van der Waals surface area contributed by atoms with Crippen molar-refractivity contribution in [2.45, 2.75) is 6.92 Å². The SMILES string of the molecule is CCOC(=O)Nc1cnc(OC)cn1. The molecule has 1 amide bonds. The van der Waals surface area contributed by atoms with Gasteiger partial charge >= 0.3 is 6.09 Å². The highest BCUT2D eigenvalue weighted by molar-refractivity contribution is 5.82. The van der Waals surface area contributed by atoms with Crippen LogP contribution in [0.25, 0.3) is 0 Å². The Labute approximate surface area is 81.3 Å². The van der Waals surface area contributed by atoms with Crippen LogP contribution >= 0.6 is 0 Å². The third kappa shape index (κ3) is 2.89. The predicted octanol–water partition coefficient (Wildman–Crippen LogP) is 1.05. The van der Waals surface area contributed by atoms with Crippen LogP contribution in [0, 0.1) is 0 Å². The van der Waals surface area contributed by atoms with E-state index in [1.165, 1.54) is 19.5 Å². The highest BCUT2D eigenvalue weighted by Gasteiger charge is 2.02. The van der Waals surface area contributed by atoms with Crippen molar-refractivity contribution < 1.29 is 14.3 Å². The molecular weight excluding hydrogens is 186 g/mol. The number of hydrogen-bond acceptors (Lipinski definition) is 5. The summed E-state index contributed by atoms with van der Waals surface area (Å²) in [5.41, 5.74) is 0.